The highest BCUT2D eigenvalue weighted by molar-refractivity contribution is 8.00. The van der Waals surface area contributed by atoms with Crippen LogP contribution in [0.4, 0.5) is 11.4 Å². The minimum absolute atomic E-state index is 0.0363. The number of nitrogens with zero attached hydrogens (tertiary/aromatic N) is 1. The molecule has 2 amide bonds. The number of amides is 2. The van der Waals surface area contributed by atoms with Crippen molar-refractivity contribution in [2.75, 3.05) is 10.6 Å². The first-order chi connectivity index (χ1) is 15.6. The highest BCUT2D eigenvalue weighted by Crippen LogP contribution is 2.50. The monoisotopic (exact) mass is 457 g/mol. The molecule has 2 aromatic carbocycles. The molecule has 0 bridgehead atoms. The second-order valence-corrected chi connectivity index (χ2v) is 10.1. The number of hydrogen-bond acceptors (Lipinski definition) is 4. The lowest BCUT2D eigenvalue weighted by Gasteiger charge is -2.25. The molecule has 0 fully saturated rings. The zero-order chi connectivity index (χ0) is 21.8. The Labute approximate surface area is 193 Å². The van der Waals surface area contributed by atoms with E-state index in [0.717, 1.165) is 43.5 Å². The maximum absolute atomic E-state index is 13.1. The van der Waals surface area contributed by atoms with E-state index in [0.29, 0.717) is 0 Å². The van der Waals surface area contributed by atoms with Crippen LogP contribution in [0.1, 0.15) is 27.3 Å². The van der Waals surface area contributed by atoms with E-state index in [1.165, 1.54) is 0 Å². The van der Waals surface area contributed by atoms with Crippen LogP contribution in [-0.2, 0) is 9.59 Å². The Morgan fingerprint density at radius 2 is 1.31 bits per heavy atom. The van der Waals surface area contributed by atoms with Gasteiger partial charge in [-0.25, -0.2) is 0 Å². The number of carbonyl (C=O) groups is 2. The lowest BCUT2D eigenvalue weighted by atomic mass is 10.0. The van der Waals surface area contributed by atoms with Gasteiger partial charge in [0.25, 0.3) is 0 Å². The average Bonchev–Trinajstić information content (AvgIpc) is 3.09. The zero-order valence-corrected chi connectivity index (χ0v) is 18.8. The molecular formula is C25H19N3O2S2. The number of rotatable bonds is 2. The number of para-hydroxylation sites is 2. The number of hydrogen-bond donors (Lipinski definition) is 2. The van der Waals surface area contributed by atoms with Crippen molar-refractivity contribution in [3.05, 3.63) is 89.7 Å². The molecule has 0 unspecified atom stereocenters. The fourth-order valence-corrected chi connectivity index (χ4v) is 6.97. The van der Waals surface area contributed by atoms with Crippen LogP contribution in [0.3, 0.4) is 0 Å². The maximum atomic E-state index is 13.1. The van der Waals surface area contributed by atoms with Crippen molar-refractivity contribution >= 4 is 52.2 Å². The van der Waals surface area contributed by atoms with Gasteiger partial charge in [0.2, 0.25) is 11.8 Å². The molecule has 4 heterocycles. The van der Waals surface area contributed by atoms with Crippen molar-refractivity contribution in [1.82, 2.24) is 4.40 Å². The van der Waals surface area contributed by atoms with Gasteiger partial charge in [-0.05, 0) is 48.9 Å². The molecule has 2 atom stereocenters. The van der Waals surface area contributed by atoms with E-state index < -0.39 is 5.25 Å². The van der Waals surface area contributed by atoms with Gasteiger partial charge >= 0.3 is 0 Å². The Kier molecular flexibility index (Phi) is 4.55. The Morgan fingerprint density at radius 1 is 0.750 bits per heavy atom. The number of pyridine rings is 1. The maximum Gasteiger partial charge on any atom is 0.243 e. The van der Waals surface area contributed by atoms with E-state index in [1.54, 1.807) is 23.5 Å². The summed E-state index contributed by atoms with van der Waals surface area (Å²) in [5.74, 6) is -0.0801. The predicted octanol–water partition coefficient (Wildman–Crippen LogP) is 5.82. The molecule has 0 saturated heterocycles. The van der Waals surface area contributed by atoms with Gasteiger partial charge in [-0.2, -0.15) is 0 Å². The van der Waals surface area contributed by atoms with Crippen molar-refractivity contribution in [2.24, 2.45) is 0 Å². The van der Waals surface area contributed by atoms with E-state index in [9.17, 15) is 9.59 Å². The molecule has 32 heavy (non-hydrogen) atoms. The summed E-state index contributed by atoms with van der Waals surface area (Å²) < 4.78 is 2.07. The second-order valence-electron chi connectivity index (χ2n) is 7.85. The molecule has 6 rings (SSSR count). The first-order valence-corrected chi connectivity index (χ1v) is 12.1. The molecule has 4 aromatic rings. The van der Waals surface area contributed by atoms with Gasteiger partial charge in [0.1, 0.15) is 10.5 Å². The summed E-state index contributed by atoms with van der Waals surface area (Å²) in [5, 5.41) is 5.32. The number of aromatic nitrogens is 1. The second kappa shape index (κ2) is 7.46. The number of benzene rings is 2. The van der Waals surface area contributed by atoms with Crippen LogP contribution in [0, 0.1) is 6.92 Å². The van der Waals surface area contributed by atoms with Crippen LogP contribution < -0.4 is 10.6 Å². The minimum atomic E-state index is -0.405. The van der Waals surface area contributed by atoms with E-state index in [-0.39, 0.29) is 17.1 Å². The minimum Gasteiger partial charge on any atom is -0.324 e. The average molecular weight is 458 g/mol. The number of carbonyl (C=O) groups excluding carboxylic acids is 2. The lowest BCUT2D eigenvalue weighted by molar-refractivity contribution is -0.116. The fourth-order valence-electron chi connectivity index (χ4n) is 4.51. The SMILES string of the molecule is Cc1c([C@@H]2Sc3ccccc3NC2=O)c2ccccn2c1[C@H]1Sc2ccccc2NC1=O. The van der Waals surface area contributed by atoms with E-state index >= 15 is 0 Å². The summed E-state index contributed by atoms with van der Waals surface area (Å²) in [6.07, 6.45) is 1.98. The topological polar surface area (TPSA) is 62.6 Å². The Bertz CT molecular complexity index is 1310. The van der Waals surface area contributed by atoms with Gasteiger partial charge in [0.05, 0.1) is 16.9 Å². The van der Waals surface area contributed by atoms with Gasteiger partial charge in [0, 0.05) is 27.2 Å². The predicted molar refractivity (Wildman–Crippen MR) is 129 cm³/mol. The van der Waals surface area contributed by atoms with E-state index in [4.69, 9.17) is 0 Å². The summed E-state index contributed by atoms with van der Waals surface area (Å²) in [7, 11) is 0. The van der Waals surface area contributed by atoms with E-state index in [2.05, 4.69) is 15.0 Å². The normalized spacial score (nSPS) is 19.8. The first kappa shape index (κ1) is 19.5. The van der Waals surface area contributed by atoms with Crippen LogP contribution >= 0.6 is 23.5 Å². The fraction of sp³-hybridized carbons (Fsp3) is 0.120. The van der Waals surface area contributed by atoms with Crippen LogP contribution in [-0.4, -0.2) is 16.2 Å². The summed E-state index contributed by atoms with van der Waals surface area (Å²) in [5.41, 5.74) is 5.51. The van der Waals surface area contributed by atoms with Crippen LogP contribution in [0.5, 0.6) is 0 Å². The van der Waals surface area contributed by atoms with Crippen molar-refractivity contribution in [1.29, 1.82) is 0 Å². The zero-order valence-electron chi connectivity index (χ0n) is 17.2. The van der Waals surface area contributed by atoms with Crippen LogP contribution in [0.2, 0.25) is 0 Å². The molecule has 2 aliphatic heterocycles. The summed E-state index contributed by atoms with van der Waals surface area (Å²) >= 11 is 3.12. The molecular weight excluding hydrogens is 438 g/mol. The van der Waals surface area contributed by atoms with Crippen LogP contribution in [0.15, 0.2) is 82.7 Å². The number of fused-ring (bicyclic) bond motifs is 3. The molecule has 5 nitrogen and oxygen atoms in total. The van der Waals surface area contributed by atoms with E-state index in [1.807, 2.05) is 79.9 Å². The van der Waals surface area contributed by atoms with Crippen molar-refractivity contribution in [2.45, 2.75) is 27.2 Å². The quantitative estimate of drug-likeness (QED) is 0.398. The highest BCUT2D eigenvalue weighted by atomic mass is 32.2. The van der Waals surface area contributed by atoms with Crippen LogP contribution in [0.25, 0.3) is 5.52 Å². The Hall–Kier alpha value is -3.16. The van der Waals surface area contributed by atoms with Gasteiger partial charge in [-0.15, -0.1) is 23.5 Å². The number of nitrogens with one attached hydrogen (secondary N) is 2. The smallest absolute Gasteiger partial charge is 0.243 e. The van der Waals surface area contributed by atoms with Gasteiger partial charge < -0.3 is 15.0 Å². The molecule has 0 radical (unpaired) electrons. The molecule has 0 spiro atoms. The molecule has 0 aliphatic carbocycles. The summed E-state index contributed by atoms with van der Waals surface area (Å²) in [4.78, 5) is 28.4. The highest BCUT2D eigenvalue weighted by Gasteiger charge is 2.37. The summed E-state index contributed by atoms with van der Waals surface area (Å²) in [6.45, 7) is 2.03. The van der Waals surface area contributed by atoms with Crippen molar-refractivity contribution < 1.29 is 9.59 Å². The third-order valence-electron chi connectivity index (χ3n) is 5.95. The largest absolute Gasteiger partial charge is 0.324 e. The standard InChI is InChI=1S/C25H19N3O2S2/c1-14-20(22-24(29)26-15-8-2-4-11-18(15)31-22)17-10-6-7-13-28(17)21(14)23-25(30)27-16-9-3-5-12-19(16)32-23/h2-13,22-23H,1H3,(H,26,29)(H,27,30)/t22-,23+/m0/s1. The lowest BCUT2D eigenvalue weighted by Crippen LogP contribution is -2.25. The third kappa shape index (κ3) is 2.96. The number of anilines is 2. The Morgan fingerprint density at radius 3 is 2.00 bits per heavy atom. The molecule has 2 aromatic heterocycles. The molecule has 7 heteroatoms. The summed E-state index contributed by atoms with van der Waals surface area (Å²) in [6, 6.07) is 21.7. The van der Waals surface area contributed by atoms with Gasteiger partial charge in [-0.1, -0.05) is 30.3 Å². The third-order valence-corrected chi connectivity index (χ3v) is 8.53. The Balaban J connectivity index is 1.50. The first-order valence-electron chi connectivity index (χ1n) is 10.3. The molecule has 2 N–H and O–H groups in total. The van der Waals surface area contributed by atoms with Gasteiger partial charge in [-0.3, -0.25) is 9.59 Å². The molecule has 2 aliphatic rings. The van der Waals surface area contributed by atoms with Crippen molar-refractivity contribution in [3.8, 4) is 0 Å². The van der Waals surface area contributed by atoms with Crippen molar-refractivity contribution in [3.63, 3.8) is 0 Å². The molecule has 158 valence electrons. The molecule has 0 saturated carbocycles. The van der Waals surface area contributed by atoms with Gasteiger partial charge in [0.15, 0.2) is 0 Å². The number of thioether (sulfide) groups is 2.